The van der Waals surface area contributed by atoms with Crippen LogP contribution in [-0.2, 0) is 21.4 Å². The van der Waals surface area contributed by atoms with Crippen LogP contribution in [0.3, 0.4) is 0 Å². The van der Waals surface area contributed by atoms with Crippen molar-refractivity contribution in [2.24, 2.45) is 5.92 Å². The summed E-state index contributed by atoms with van der Waals surface area (Å²) >= 11 is 0. The highest BCUT2D eigenvalue weighted by atomic mass is 32.2. The maximum atomic E-state index is 12.7. The third-order valence-corrected chi connectivity index (χ3v) is 6.58. The number of hydrogen-bond donors (Lipinski definition) is 0. The van der Waals surface area contributed by atoms with Gasteiger partial charge < -0.3 is 9.64 Å². The van der Waals surface area contributed by atoms with E-state index in [-0.39, 0.29) is 29.9 Å². The van der Waals surface area contributed by atoms with Crippen molar-refractivity contribution in [2.45, 2.75) is 39.3 Å². The summed E-state index contributed by atoms with van der Waals surface area (Å²) in [6, 6.07) is 6.11. The van der Waals surface area contributed by atoms with Gasteiger partial charge in [-0.2, -0.15) is 8.78 Å². The highest BCUT2D eigenvalue weighted by Gasteiger charge is 2.33. The van der Waals surface area contributed by atoms with E-state index in [2.05, 4.69) is 4.74 Å². The molecule has 0 N–H and O–H groups in total. The summed E-state index contributed by atoms with van der Waals surface area (Å²) in [5, 5.41) is 0. The molecule has 27 heavy (non-hydrogen) atoms. The zero-order valence-electron chi connectivity index (χ0n) is 15.6. The van der Waals surface area contributed by atoms with Crippen molar-refractivity contribution in [3.63, 3.8) is 0 Å². The van der Waals surface area contributed by atoms with Gasteiger partial charge in [0.15, 0.2) is 0 Å². The smallest absolute Gasteiger partial charge is 0.387 e. The number of piperidine rings is 1. The Labute approximate surface area is 159 Å². The summed E-state index contributed by atoms with van der Waals surface area (Å²) < 4.78 is 54.6. The first kappa shape index (κ1) is 21.6. The van der Waals surface area contributed by atoms with E-state index in [0.717, 1.165) is 5.56 Å². The van der Waals surface area contributed by atoms with Crippen molar-refractivity contribution < 1.29 is 26.7 Å². The zero-order valence-corrected chi connectivity index (χ0v) is 16.4. The molecule has 0 bridgehead atoms. The average molecular weight is 404 g/mol. The molecule has 0 aromatic heterocycles. The number of ether oxygens (including phenoxy) is 1. The van der Waals surface area contributed by atoms with Crippen LogP contribution in [0.5, 0.6) is 5.75 Å². The van der Waals surface area contributed by atoms with Crippen LogP contribution >= 0.6 is 0 Å². The topological polar surface area (TPSA) is 66.9 Å². The third-order valence-electron chi connectivity index (χ3n) is 4.53. The zero-order chi connectivity index (χ0) is 20.0. The van der Waals surface area contributed by atoms with Crippen LogP contribution in [0, 0.1) is 5.92 Å². The van der Waals surface area contributed by atoms with Crippen molar-refractivity contribution in [3.8, 4) is 5.75 Å². The van der Waals surface area contributed by atoms with E-state index in [4.69, 9.17) is 0 Å². The second-order valence-electron chi connectivity index (χ2n) is 6.73. The molecule has 152 valence electrons. The van der Waals surface area contributed by atoms with Crippen molar-refractivity contribution in [3.05, 3.63) is 29.8 Å². The molecule has 2 rings (SSSR count). The van der Waals surface area contributed by atoms with Crippen molar-refractivity contribution >= 4 is 15.9 Å². The Morgan fingerprint density at radius 2 is 2.00 bits per heavy atom. The fraction of sp³-hybridized carbons (Fsp3) is 0.611. The summed E-state index contributed by atoms with van der Waals surface area (Å²) in [5.41, 5.74) is 0.777. The fourth-order valence-electron chi connectivity index (χ4n) is 3.22. The maximum Gasteiger partial charge on any atom is 0.387 e. The number of benzene rings is 1. The molecule has 1 amide bonds. The molecule has 1 atom stereocenters. The molecule has 1 heterocycles. The van der Waals surface area contributed by atoms with Gasteiger partial charge in [-0.3, -0.25) is 4.79 Å². The molecule has 6 nitrogen and oxygen atoms in total. The van der Waals surface area contributed by atoms with Gasteiger partial charge in [0.2, 0.25) is 15.9 Å². The molecule has 1 fully saturated rings. The largest absolute Gasteiger partial charge is 0.435 e. The second-order valence-corrected chi connectivity index (χ2v) is 8.82. The Morgan fingerprint density at radius 3 is 2.59 bits per heavy atom. The Bertz CT molecular complexity index is 725. The van der Waals surface area contributed by atoms with Gasteiger partial charge in [0.25, 0.3) is 0 Å². The van der Waals surface area contributed by atoms with Crippen LogP contribution in [-0.4, -0.2) is 56.0 Å². The van der Waals surface area contributed by atoms with Crippen LogP contribution in [0.4, 0.5) is 8.78 Å². The molecule has 0 aliphatic carbocycles. The molecule has 9 heteroatoms. The molecule has 1 aliphatic rings. The summed E-state index contributed by atoms with van der Waals surface area (Å²) in [7, 11) is -1.65. The molecule has 1 unspecified atom stereocenters. The molecule has 0 spiro atoms. The minimum Gasteiger partial charge on any atom is -0.435 e. The molecule has 0 saturated carbocycles. The van der Waals surface area contributed by atoms with Gasteiger partial charge in [-0.1, -0.05) is 19.1 Å². The summed E-state index contributed by atoms with van der Waals surface area (Å²) in [5.74, 6) is -0.320. The SMILES string of the molecule is CCCS(=O)(=O)N1CCCC(C(=O)N(C)Cc2ccc(OC(F)F)cc2)C1. The van der Waals surface area contributed by atoms with Gasteiger partial charge in [0, 0.05) is 26.7 Å². The molecule has 0 radical (unpaired) electrons. The van der Waals surface area contributed by atoms with Crippen molar-refractivity contribution in [1.82, 2.24) is 9.21 Å². The van der Waals surface area contributed by atoms with Crippen LogP contribution < -0.4 is 4.74 Å². The van der Waals surface area contributed by atoms with E-state index < -0.39 is 16.6 Å². The van der Waals surface area contributed by atoms with Gasteiger partial charge in [-0.05, 0) is 37.0 Å². The first-order valence-electron chi connectivity index (χ1n) is 8.99. The Kier molecular flexibility index (Phi) is 7.55. The lowest BCUT2D eigenvalue weighted by atomic mass is 9.98. The number of nitrogens with zero attached hydrogens (tertiary/aromatic N) is 2. The van der Waals surface area contributed by atoms with Gasteiger partial charge in [0.1, 0.15) is 5.75 Å². The predicted molar refractivity (Wildman–Crippen MR) is 97.9 cm³/mol. The second kappa shape index (κ2) is 9.45. The van der Waals surface area contributed by atoms with Crippen molar-refractivity contribution in [2.75, 3.05) is 25.9 Å². The fourth-order valence-corrected chi connectivity index (χ4v) is 4.81. The number of amides is 1. The Morgan fingerprint density at radius 1 is 1.33 bits per heavy atom. The molecule has 1 aromatic rings. The standard InChI is InChI=1S/C18H26F2N2O4S/c1-3-11-27(24,25)22-10-4-5-15(13-22)17(23)21(2)12-14-6-8-16(9-7-14)26-18(19)20/h6-9,15,18H,3-5,10-13H2,1-2H3. The van der Waals surface area contributed by atoms with Gasteiger partial charge in [0.05, 0.1) is 11.7 Å². The van der Waals surface area contributed by atoms with Crippen LogP contribution in [0.2, 0.25) is 0 Å². The lowest BCUT2D eigenvalue weighted by Gasteiger charge is -2.33. The molecule has 1 saturated heterocycles. The number of halogens is 2. The minimum atomic E-state index is -3.31. The first-order chi connectivity index (χ1) is 12.7. The number of rotatable bonds is 8. The van der Waals surface area contributed by atoms with E-state index in [1.54, 1.807) is 24.1 Å². The third kappa shape index (κ3) is 6.14. The Balaban J connectivity index is 1.96. The van der Waals surface area contributed by atoms with E-state index in [9.17, 15) is 22.0 Å². The normalized spacial score (nSPS) is 18.5. The number of carbonyl (C=O) groups excluding carboxylic acids is 1. The number of carbonyl (C=O) groups is 1. The maximum absolute atomic E-state index is 12.7. The minimum absolute atomic E-state index is 0.0618. The average Bonchev–Trinajstić information content (AvgIpc) is 2.62. The summed E-state index contributed by atoms with van der Waals surface area (Å²) in [6.07, 6.45) is 1.86. The van der Waals surface area contributed by atoms with E-state index in [1.165, 1.54) is 16.4 Å². The van der Waals surface area contributed by atoms with Crippen LogP contribution in [0.25, 0.3) is 0 Å². The van der Waals surface area contributed by atoms with E-state index in [0.29, 0.717) is 32.4 Å². The first-order valence-corrected chi connectivity index (χ1v) is 10.6. The van der Waals surface area contributed by atoms with Crippen LogP contribution in [0.15, 0.2) is 24.3 Å². The monoisotopic (exact) mass is 404 g/mol. The molecular weight excluding hydrogens is 378 g/mol. The number of sulfonamides is 1. The lowest BCUT2D eigenvalue weighted by Crippen LogP contribution is -2.46. The van der Waals surface area contributed by atoms with Crippen LogP contribution in [0.1, 0.15) is 31.7 Å². The van der Waals surface area contributed by atoms with Gasteiger partial charge in [-0.15, -0.1) is 0 Å². The summed E-state index contributed by atoms with van der Waals surface area (Å²) in [4.78, 5) is 14.3. The highest BCUT2D eigenvalue weighted by molar-refractivity contribution is 7.89. The lowest BCUT2D eigenvalue weighted by molar-refractivity contribution is -0.135. The quantitative estimate of drug-likeness (QED) is 0.668. The molecule has 1 aromatic carbocycles. The number of hydrogen-bond acceptors (Lipinski definition) is 4. The van der Waals surface area contributed by atoms with Crippen molar-refractivity contribution in [1.29, 1.82) is 0 Å². The van der Waals surface area contributed by atoms with E-state index >= 15 is 0 Å². The summed E-state index contributed by atoms with van der Waals surface area (Å²) in [6.45, 7) is -0.0753. The number of alkyl halides is 2. The van der Waals surface area contributed by atoms with E-state index in [1.807, 2.05) is 6.92 Å². The molecule has 1 aliphatic heterocycles. The molecular formula is C18H26F2N2O4S. The highest BCUT2D eigenvalue weighted by Crippen LogP contribution is 2.23. The predicted octanol–water partition coefficient (Wildman–Crippen LogP) is 2.70. The van der Waals surface area contributed by atoms with Gasteiger partial charge in [-0.25, -0.2) is 12.7 Å². The Hall–Kier alpha value is -1.74. The van der Waals surface area contributed by atoms with Gasteiger partial charge >= 0.3 is 6.61 Å².